The minimum Gasteiger partial charge on any atom is -0.479 e. The first-order chi connectivity index (χ1) is 10.1. The lowest BCUT2D eigenvalue weighted by Gasteiger charge is -2.15. The van der Waals surface area contributed by atoms with Gasteiger partial charge >= 0.3 is 0 Å². The third kappa shape index (κ3) is 4.38. The number of ether oxygens (including phenoxy) is 1. The van der Waals surface area contributed by atoms with Crippen molar-refractivity contribution in [3.05, 3.63) is 64.1 Å². The van der Waals surface area contributed by atoms with Crippen molar-refractivity contribution in [2.75, 3.05) is 0 Å². The van der Waals surface area contributed by atoms with Gasteiger partial charge in [-0.1, -0.05) is 53.5 Å². The summed E-state index contributed by atoms with van der Waals surface area (Å²) in [6.45, 7) is 2.03. The highest BCUT2D eigenvalue weighted by atomic mass is 35.5. The van der Waals surface area contributed by atoms with Gasteiger partial charge in [-0.2, -0.15) is 0 Å². The van der Waals surface area contributed by atoms with Crippen molar-refractivity contribution < 1.29 is 9.53 Å². The Labute approximate surface area is 133 Å². The van der Waals surface area contributed by atoms with Crippen molar-refractivity contribution in [1.82, 2.24) is 5.32 Å². The lowest BCUT2D eigenvalue weighted by atomic mass is 10.2. The monoisotopic (exact) mass is 323 g/mol. The molecule has 0 aliphatic rings. The Balaban J connectivity index is 1.91. The Kier molecular flexibility index (Phi) is 5.48. The van der Waals surface area contributed by atoms with E-state index in [0.717, 1.165) is 5.56 Å². The molecule has 0 heterocycles. The highest BCUT2D eigenvalue weighted by Crippen LogP contribution is 2.24. The minimum atomic E-state index is -0.646. The van der Waals surface area contributed by atoms with Crippen LogP contribution >= 0.6 is 23.2 Å². The number of carbonyl (C=O) groups is 1. The second kappa shape index (κ2) is 7.34. The summed E-state index contributed by atoms with van der Waals surface area (Å²) in [5.41, 5.74) is 0.859. The molecule has 2 aromatic rings. The average molecular weight is 324 g/mol. The fraction of sp³-hybridized carbons (Fsp3) is 0.188. The van der Waals surface area contributed by atoms with Gasteiger partial charge in [0.15, 0.2) is 6.10 Å². The lowest BCUT2D eigenvalue weighted by molar-refractivity contribution is -0.127. The number of rotatable bonds is 5. The molecular formula is C16H15Cl2NO2. The maximum absolute atomic E-state index is 12.0. The van der Waals surface area contributed by atoms with Gasteiger partial charge in [0.25, 0.3) is 5.91 Å². The van der Waals surface area contributed by atoms with Gasteiger partial charge in [0, 0.05) is 11.6 Å². The zero-order chi connectivity index (χ0) is 15.2. The van der Waals surface area contributed by atoms with Crippen molar-refractivity contribution in [2.24, 2.45) is 0 Å². The highest BCUT2D eigenvalue weighted by Gasteiger charge is 2.15. The number of amides is 1. The van der Waals surface area contributed by atoms with Gasteiger partial charge < -0.3 is 10.1 Å². The van der Waals surface area contributed by atoms with Crippen LogP contribution in [0.3, 0.4) is 0 Å². The molecule has 0 aromatic heterocycles. The first-order valence-electron chi connectivity index (χ1n) is 6.50. The number of nitrogens with one attached hydrogen (secondary N) is 1. The number of benzene rings is 2. The van der Waals surface area contributed by atoms with E-state index in [1.807, 2.05) is 18.2 Å². The van der Waals surface area contributed by atoms with Crippen molar-refractivity contribution in [3.8, 4) is 5.75 Å². The van der Waals surface area contributed by atoms with Crippen LogP contribution in [0.25, 0.3) is 0 Å². The molecule has 0 radical (unpaired) electrons. The highest BCUT2D eigenvalue weighted by molar-refractivity contribution is 6.32. The summed E-state index contributed by atoms with van der Waals surface area (Å²) in [4.78, 5) is 12.0. The van der Waals surface area contributed by atoms with E-state index in [9.17, 15) is 4.79 Å². The molecule has 1 N–H and O–H groups in total. The van der Waals surface area contributed by atoms with Crippen LogP contribution in [-0.2, 0) is 11.3 Å². The van der Waals surface area contributed by atoms with E-state index >= 15 is 0 Å². The summed E-state index contributed by atoms with van der Waals surface area (Å²) in [5.74, 6) is 0.259. The lowest BCUT2D eigenvalue weighted by Crippen LogP contribution is -2.36. The quantitative estimate of drug-likeness (QED) is 0.900. The Morgan fingerprint density at radius 3 is 2.38 bits per heavy atom. The Morgan fingerprint density at radius 1 is 1.10 bits per heavy atom. The van der Waals surface area contributed by atoms with Crippen LogP contribution < -0.4 is 10.1 Å². The zero-order valence-corrected chi connectivity index (χ0v) is 13.0. The van der Waals surface area contributed by atoms with Gasteiger partial charge in [0.2, 0.25) is 0 Å². The van der Waals surface area contributed by atoms with E-state index in [0.29, 0.717) is 22.3 Å². The summed E-state index contributed by atoms with van der Waals surface area (Å²) in [6.07, 6.45) is -0.646. The summed E-state index contributed by atoms with van der Waals surface area (Å²) < 4.78 is 5.55. The molecule has 1 amide bonds. The first-order valence-corrected chi connectivity index (χ1v) is 7.26. The second-order valence-electron chi connectivity index (χ2n) is 4.50. The van der Waals surface area contributed by atoms with Crippen LogP contribution in [0, 0.1) is 0 Å². The molecule has 0 saturated heterocycles. The molecular weight excluding hydrogens is 309 g/mol. The number of para-hydroxylation sites is 1. The van der Waals surface area contributed by atoms with Crippen molar-refractivity contribution >= 4 is 29.1 Å². The molecule has 2 aromatic carbocycles. The van der Waals surface area contributed by atoms with Gasteiger partial charge in [-0.25, -0.2) is 0 Å². The third-order valence-corrected chi connectivity index (χ3v) is 3.60. The van der Waals surface area contributed by atoms with E-state index in [1.165, 1.54) is 0 Å². The van der Waals surface area contributed by atoms with Crippen LogP contribution in [0.2, 0.25) is 10.0 Å². The molecule has 0 unspecified atom stereocenters. The van der Waals surface area contributed by atoms with E-state index < -0.39 is 6.10 Å². The van der Waals surface area contributed by atoms with Gasteiger partial charge in [0.05, 0.1) is 5.02 Å². The molecule has 0 aliphatic heterocycles. The molecule has 110 valence electrons. The summed E-state index contributed by atoms with van der Waals surface area (Å²) in [7, 11) is 0. The first kappa shape index (κ1) is 15.7. The molecule has 2 rings (SSSR count). The maximum atomic E-state index is 12.0. The standard InChI is InChI=1S/C16H15Cl2NO2/c1-11(21-15-9-5-4-8-14(15)18)16(20)19-10-12-6-2-3-7-13(12)17/h2-9,11H,10H2,1H3,(H,19,20)/t11-/m1/s1. The fourth-order valence-electron chi connectivity index (χ4n) is 1.75. The predicted molar refractivity (Wildman–Crippen MR) is 84.8 cm³/mol. The van der Waals surface area contributed by atoms with E-state index in [4.69, 9.17) is 27.9 Å². The Bertz CT molecular complexity index is 631. The predicted octanol–water partition coefficient (Wildman–Crippen LogP) is 4.08. The smallest absolute Gasteiger partial charge is 0.261 e. The number of hydrogen-bond donors (Lipinski definition) is 1. The number of hydrogen-bond acceptors (Lipinski definition) is 2. The Hall–Kier alpha value is -1.71. The van der Waals surface area contributed by atoms with Crippen LogP contribution in [0.1, 0.15) is 12.5 Å². The van der Waals surface area contributed by atoms with Crippen LogP contribution in [-0.4, -0.2) is 12.0 Å². The number of carbonyl (C=O) groups excluding carboxylic acids is 1. The molecule has 0 fully saturated rings. The summed E-state index contributed by atoms with van der Waals surface area (Å²) in [5, 5.41) is 3.89. The summed E-state index contributed by atoms with van der Waals surface area (Å²) >= 11 is 12.0. The SMILES string of the molecule is C[C@@H](Oc1ccccc1Cl)C(=O)NCc1ccccc1Cl. The van der Waals surface area contributed by atoms with E-state index in [2.05, 4.69) is 5.32 Å². The topological polar surface area (TPSA) is 38.3 Å². The third-order valence-electron chi connectivity index (χ3n) is 2.92. The molecule has 0 spiro atoms. The molecule has 21 heavy (non-hydrogen) atoms. The second-order valence-corrected chi connectivity index (χ2v) is 5.31. The van der Waals surface area contributed by atoms with Crippen molar-refractivity contribution in [3.63, 3.8) is 0 Å². The van der Waals surface area contributed by atoms with Gasteiger partial charge in [0.1, 0.15) is 5.75 Å². The van der Waals surface area contributed by atoms with Gasteiger partial charge in [-0.3, -0.25) is 4.79 Å². The van der Waals surface area contributed by atoms with Crippen LogP contribution in [0.5, 0.6) is 5.75 Å². The fourth-order valence-corrected chi connectivity index (χ4v) is 2.13. The van der Waals surface area contributed by atoms with Gasteiger partial charge in [-0.15, -0.1) is 0 Å². The Morgan fingerprint density at radius 2 is 1.71 bits per heavy atom. The summed E-state index contributed by atoms with van der Waals surface area (Å²) in [6, 6.07) is 14.4. The van der Waals surface area contributed by atoms with Crippen LogP contribution in [0.15, 0.2) is 48.5 Å². The maximum Gasteiger partial charge on any atom is 0.261 e. The minimum absolute atomic E-state index is 0.227. The van der Waals surface area contributed by atoms with Crippen molar-refractivity contribution in [1.29, 1.82) is 0 Å². The largest absolute Gasteiger partial charge is 0.479 e. The normalized spacial score (nSPS) is 11.8. The number of halogens is 2. The molecule has 0 bridgehead atoms. The zero-order valence-electron chi connectivity index (χ0n) is 11.5. The van der Waals surface area contributed by atoms with E-state index in [-0.39, 0.29) is 5.91 Å². The average Bonchev–Trinajstić information content (AvgIpc) is 2.48. The molecule has 0 aliphatic carbocycles. The molecule has 1 atom stereocenters. The molecule has 0 saturated carbocycles. The van der Waals surface area contributed by atoms with Crippen molar-refractivity contribution in [2.45, 2.75) is 19.6 Å². The molecule has 5 heteroatoms. The van der Waals surface area contributed by atoms with Crippen LogP contribution in [0.4, 0.5) is 0 Å². The van der Waals surface area contributed by atoms with E-state index in [1.54, 1.807) is 37.3 Å². The van der Waals surface area contributed by atoms with Gasteiger partial charge in [-0.05, 0) is 30.7 Å². The molecule has 3 nitrogen and oxygen atoms in total.